The fraction of sp³-hybridized carbons (Fsp3) is 0.222. The van der Waals surface area contributed by atoms with Crippen LogP contribution in [0.5, 0.6) is 0 Å². The first-order valence-corrected chi connectivity index (χ1v) is 7.96. The summed E-state index contributed by atoms with van der Waals surface area (Å²) in [7, 11) is 0. The van der Waals surface area contributed by atoms with Gasteiger partial charge in [0.1, 0.15) is 5.82 Å². The molecule has 3 N–H and O–H groups in total. The third-order valence-electron chi connectivity index (χ3n) is 4.38. The molecule has 0 saturated carbocycles. The number of nitrogens with one attached hydrogen (secondary N) is 3. The summed E-state index contributed by atoms with van der Waals surface area (Å²) < 4.78 is 13.1. The number of halogens is 1. The highest BCUT2D eigenvalue weighted by molar-refractivity contribution is 5.98. The number of fused-ring (bicyclic) bond motifs is 1. The molecule has 2 heterocycles. The first-order chi connectivity index (χ1) is 11.7. The highest BCUT2D eigenvalue weighted by atomic mass is 19.1. The molecule has 3 aromatic rings. The quantitative estimate of drug-likeness (QED) is 0.694. The van der Waals surface area contributed by atoms with Gasteiger partial charge in [-0.15, -0.1) is 0 Å². The van der Waals surface area contributed by atoms with Crippen LogP contribution in [0.3, 0.4) is 0 Å². The average molecular weight is 324 g/mol. The van der Waals surface area contributed by atoms with Crippen molar-refractivity contribution in [1.29, 1.82) is 0 Å². The molecule has 24 heavy (non-hydrogen) atoms. The zero-order chi connectivity index (χ0) is 16.5. The molecular weight excluding hydrogens is 307 g/mol. The van der Waals surface area contributed by atoms with Crippen molar-refractivity contribution in [2.24, 2.45) is 5.92 Å². The van der Waals surface area contributed by atoms with E-state index in [1.54, 1.807) is 12.1 Å². The van der Waals surface area contributed by atoms with Gasteiger partial charge in [-0.1, -0.05) is 0 Å². The van der Waals surface area contributed by atoms with Gasteiger partial charge < -0.3 is 10.6 Å². The Morgan fingerprint density at radius 1 is 1.21 bits per heavy atom. The van der Waals surface area contributed by atoms with Crippen molar-refractivity contribution in [1.82, 2.24) is 15.5 Å². The van der Waals surface area contributed by atoms with E-state index in [4.69, 9.17) is 0 Å². The molecule has 1 atom stereocenters. The normalized spacial score (nSPS) is 17.3. The number of hydrogen-bond acceptors (Lipinski definition) is 3. The summed E-state index contributed by atoms with van der Waals surface area (Å²) in [6.07, 6.45) is 0.868. The Hall–Kier alpha value is -2.73. The number of H-pyrrole nitrogens is 1. The number of hydrogen-bond donors (Lipinski definition) is 3. The third kappa shape index (κ3) is 2.76. The molecule has 1 aromatic heterocycles. The SMILES string of the molecule is O=C(Nc1ccc2c(-c3ccc(F)cc3)n[nH]c2c1)C1CCNC1. The summed E-state index contributed by atoms with van der Waals surface area (Å²) >= 11 is 0. The number of nitrogens with zero attached hydrogens (tertiary/aromatic N) is 1. The smallest absolute Gasteiger partial charge is 0.228 e. The van der Waals surface area contributed by atoms with Gasteiger partial charge in [-0.2, -0.15) is 5.10 Å². The second-order valence-corrected chi connectivity index (χ2v) is 6.02. The van der Waals surface area contributed by atoms with Gasteiger partial charge in [0.2, 0.25) is 5.91 Å². The van der Waals surface area contributed by atoms with Crippen molar-refractivity contribution in [2.75, 3.05) is 18.4 Å². The van der Waals surface area contributed by atoms with Gasteiger partial charge in [0, 0.05) is 23.2 Å². The Bertz CT molecular complexity index is 882. The van der Waals surface area contributed by atoms with Gasteiger partial charge in [-0.3, -0.25) is 9.89 Å². The van der Waals surface area contributed by atoms with Crippen LogP contribution in [0.1, 0.15) is 6.42 Å². The fourth-order valence-corrected chi connectivity index (χ4v) is 3.05. The maximum atomic E-state index is 13.1. The number of rotatable bonds is 3. The zero-order valence-corrected chi connectivity index (χ0v) is 13.0. The number of carbonyl (C=O) groups excluding carboxylic acids is 1. The lowest BCUT2D eigenvalue weighted by atomic mass is 10.1. The van der Waals surface area contributed by atoms with E-state index in [-0.39, 0.29) is 17.6 Å². The fourth-order valence-electron chi connectivity index (χ4n) is 3.05. The molecule has 1 aliphatic rings. The first kappa shape index (κ1) is 14.8. The lowest BCUT2D eigenvalue weighted by Gasteiger charge is -2.09. The lowest BCUT2D eigenvalue weighted by Crippen LogP contribution is -2.24. The lowest BCUT2D eigenvalue weighted by molar-refractivity contribution is -0.119. The molecule has 122 valence electrons. The van der Waals surface area contributed by atoms with Crippen LogP contribution in [0.4, 0.5) is 10.1 Å². The Labute approximate surface area is 138 Å². The molecule has 1 aliphatic heterocycles. The second kappa shape index (κ2) is 6.05. The monoisotopic (exact) mass is 324 g/mol. The maximum Gasteiger partial charge on any atom is 0.228 e. The molecule has 5 nitrogen and oxygen atoms in total. The number of benzene rings is 2. The van der Waals surface area contributed by atoms with Crippen LogP contribution < -0.4 is 10.6 Å². The Balaban J connectivity index is 1.60. The van der Waals surface area contributed by atoms with Crippen LogP contribution in [0, 0.1) is 11.7 Å². The van der Waals surface area contributed by atoms with Crippen molar-refractivity contribution in [3.05, 3.63) is 48.3 Å². The molecule has 1 amide bonds. The van der Waals surface area contributed by atoms with Crippen molar-refractivity contribution in [3.63, 3.8) is 0 Å². The third-order valence-corrected chi connectivity index (χ3v) is 4.38. The number of aromatic amines is 1. The predicted octanol–water partition coefficient (Wildman–Crippen LogP) is 2.92. The van der Waals surface area contributed by atoms with E-state index in [9.17, 15) is 9.18 Å². The van der Waals surface area contributed by atoms with Crippen LogP contribution in [-0.4, -0.2) is 29.2 Å². The molecule has 2 aromatic carbocycles. The van der Waals surface area contributed by atoms with E-state index in [0.717, 1.165) is 47.4 Å². The molecule has 0 radical (unpaired) electrons. The van der Waals surface area contributed by atoms with E-state index in [2.05, 4.69) is 20.8 Å². The van der Waals surface area contributed by atoms with Crippen LogP contribution in [0.15, 0.2) is 42.5 Å². The Morgan fingerprint density at radius 3 is 2.79 bits per heavy atom. The minimum Gasteiger partial charge on any atom is -0.326 e. The molecule has 0 spiro atoms. The summed E-state index contributed by atoms with van der Waals surface area (Å²) in [5, 5.41) is 14.4. The molecule has 0 bridgehead atoms. The largest absolute Gasteiger partial charge is 0.326 e. The topological polar surface area (TPSA) is 69.8 Å². The molecule has 1 unspecified atom stereocenters. The van der Waals surface area contributed by atoms with Crippen molar-refractivity contribution < 1.29 is 9.18 Å². The van der Waals surface area contributed by atoms with Gasteiger partial charge >= 0.3 is 0 Å². The predicted molar refractivity (Wildman–Crippen MR) is 91.1 cm³/mol. The van der Waals surface area contributed by atoms with Crippen LogP contribution >= 0.6 is 0 Å². The first-order valence-electron chi connectivity index (χ1n) is 7.96. The van der Waals surface area contributed by atoms with Gasteiger partial charge in [0.05, 0.1) is 17.1 Å². The number of amides is 1. The summed E-state index contributed by atoms with van der Waals surface area (Å²) in [6, 6.07) is 11.9. The van der Waals surface area contributed by atoms with Crippen molar-refractivity contribution >= 4 is 22.5 Å². The van der Waals surface area contributed by atoms with Crippen LogP contribution in [0.25, 0.3) is 22.2 Å². The zero-order valence-electron chi connectivity index (χ0n) is 13.0. The van der Waals surface area contributed by atoms with Gasteiger partial charge in [0.25, 0.3) is 0 Å². The van der Waals surface area contributed by atoms with E-state index < -0.39 is 0 Å². The van der Waals surface area contributed by atoms with Crippen LogP contribution in [0.2, 0.25) is 0 Å². The number of carbonyl (C=O) groups is 1. The van der Waals surface area contributed by atoms with Gasteiger partial charge in [0.15, 0.2) is 0 Å². The standard InChI is InChI=1S/C18H17FN4O/c19-13-3-1-11(2-4-13)17-15-6-5-14(9-16(15)22-23-17)21-18(24)12-7-8-20-10-12/h1-6,9,12,20H,7-8,10H2,(H,21,24)(H,22,23). The number of aromatic nitrogens is 2. The minimum atomic E-state index is -0.273. The van der Waals surface area contributed by atoms with E-state index in [0.29, 0.717) is 0 Å². The Morgan fingerprint density at radius 2 is 2.04 bits per heavy atom. The van der Waals surface area contributed by atoms with Gasteiger partial charge in [-0.25, -0.2) is 4.39 Å². The van der Waals surface area contributed by atoms with E-state index >= 15 is 0 Å². The van der Waals surface area contributed by atoms with Crippen LogP contribution in [-0.2, 0) is 4.79 Å². The van der Waals surface area contributed by atoms with Gasteiger partial charge in [-0.05, 0) is 55.4 Å². The number of anilines is 1. The van der Waals surface area contributed by atoms with E-state index in [1.165, 1.54) is 12.1 Å². The van der Waals surface area contributed by atoms with E-state index in [1.807, 2.05) is 18.2 Å². The van der Waals surface area contributed by atoms with Crippen molar-refractivity contribution in [2.45, 2.75) is 6.42 Å². The maximum absolute atomic E-state index is 13.1. The Kier molecular flexibility index (Phi) is 3.74. The molecular formula is C18H17FN4O. The summed E-state index contributed by atoms with van der Waals surface area (Å²) in [6.45, 7) is 1.62. The second-order valence-electron chi connectivity index (χ2n) is 6.02. The summed E-state index contributed by atoms with van der Waals surface area (Å²) in [4.78, 5) is 12.2. The average Bonchev–Trinajstić information content (AvgIpc) is 3.25. The molecule has 1 fully saturated rings. The molecule has 4 rings (SSSR count). The molecule has 1 saturated heterocycles. The minimum absolute atomic E-state index is 0.0252. The molecule has 0 aliphatic carbocycles. The summed E-state index contributed by atoms with van der Waals surface area (Å²) in [5.74, 6) is -0.208. The highest BCUT2D eigenvalue weighted by Crippen LogP contribution is 2.28. The van der Waals surface area contributed by atoms with Crippen molar-refractivity contribution in [3.8, 4) is 11.3 Å². The molecule has 6 heteroatoms. The highest BCUT2D eigenvalue weighted by Gasteiger charge is 2.22. The summed E-state index contributed by atoms with van der Waals surface area (Å²) in [5.41, 5.74) is 3.18.